The average molecular weight is 279 g/mol. The Kier molecular flexibility index (Phi) is 2.94. The summed E-state index contributed by atoms with van der Waals surface area (Å²) in [7, 11) is 0. The van der Waals surface area contributed by atoms with Gasteiger partial charge < -0.3 is 5.11 Å². The first kappa shape index (κ1) is 13.6. The molecule has 21 heavy (non-hydrogen) atoms. The first-order chi connectivity index (χ1) is 9.91. The molecule has 0 aliphatic rings. The smallest absolute Gasteiger partial charge is 0.337 e. The van der Waals surface area contributed by atoms with Crippen LogP contribution in [0.5, 0.6) is 0 Å². The number of carbonyl (C=O) groups is 1. The summed E-state index contributed by atoms with van der Waals surface area (Å²) in [5.41, 5.74) is 5.84. The second-order valence-corrected chi connectivity index (χ2v) is 5.64. The number of hydrogen-bond acceptors (Lipinski definition) is 2. The summed E-state index contributed by atoms with van der Waals surface area (Å²) in [4.78, 5) is 16.7. The van der Waals surface area contributed by atoms with Crippen molar-refractivity contribution in [2.24, 2.45) is 0 Å². The van der Waals surface area contributed by atoms with Gasteiger partial charge in [0.1, 0.15) is 0 Å². The molecule has 3 rings (SSSR count). The molecule has 0 radical (unpaired) electrons. The molecule has 3 aromatic rings. The number of aromatic nitrogens is 1. The molecule has 106 valence electrons. The monoisotopic (exact) mass is 279 g/mol. The summed E-state index contributed by atoms with van der Waals surface area (Å²) in [6, 6.07) is 7.91. The van der Waals surface area contributed by atoms with E-state index in [1.165, 1.54) is 0 Å². The number of benzene rings is 2. The fraction of sp³-hybridized carbons (Fsp3) is 0.222. The molecule has 0 atom stereocenters. The zero-order chi connectivity index (χ0) is 15.3. The van der Waals surface area contributed by atoms with Crippen molar-refractivity contribution in [3.8, 4) is 0 Å². The van der Waals surface area contributed by atoms with E-state index in [0.717, 1.165) is 44.1 Å². The highest BCUT2D eigenvalue weighted by Gasteiger charge is 2.20. The van der Waals surface area contributed by atoms with Crippen molar-refractivity contribution in [1.82, 2.24) is 4.98 Å². The van der Waals surface area contributed by atoms with Gasteiger partial charge in [0.2, 0.25) is 0 Å². The third-order valence-electron chi connectivity index (χ3n) is 4.11. The number of aromatic carboxylic acids is 1. The minimum Gasteiger partial charge on any atom is -0.478 e. The fourth-order valence-corrected chi connectivity index (χ4v) is 2.96. The molecule has 3 nitrogen and oxygen atoms in total. The van der Waals surface area contributed by atoms with Gasteiger partial charge in [-0.3, -0.25) is 0 Å². The lowest BCUT2D eigenvalue weighted by Gasteiger charge is -2.14. The van der Waals surface area contributed by atoms with Crippen molar-refractivity contribution >= 4 is 27.8 Å². The summed E-state index contributed by atoms with van der Waals surface area (Å²) < 4.78 is 0. The maximum Gasteiger partial charge on any atom is 0.337 e. The van der Waals surface area contributed by atoms with Gasteiger partial charge in [-0.05, 0) is 49.9 Å². The van der Waals surface area contributed by atoms with Crippen LogP contribution in [0.4, 0.5) is 0 Å². The van der Waals surface area contributed by atoms with Gasteiger partial charge in [0, 0.05) is 10.8 Å². The number of nitrogens with zero attached hydrogens (tertiary/aromatic N) is 1. The molecule has 0 aliphatic carbocycles. The maximum atomic E-state index is 11.9. The van der Waals surface area contributed by atoms with E-state index in [-0.39, 0.29) is 0 Å². The van der Waals surface area contributed by atoms with Gasteiger partial charge in [-0.2, -0.15) is 0 Å². The Labute approximate surface area is 123 Å². The molecule has 1 N–H and O–H groups in total. The van der Waals surface area contributed by atoms with Crippen LogP contribution in [0.15, 0.2) is 24.3 Å². The summed E-state index contributed by atoms with van der Waals surface area (Å²) in [6.45, 7) is 7.81. The third kappa shape index (κ3) is 1.88. The van der Waals surface area contributed by atoms with Crippen LogP contribution in [0.3, 0.4) is 0 Å². The number of fused-ring (bicyclic) bond motifs is 2. The van der Waals surface area contributed by atoms with Gasteiger partial charge in [0.25, 0.3) is 0 Å². The molecule has 2 aromatic carbocycles. The maximum absolute atomic E-state index is 11.9. The lowest BCUT2D eigenvalue weighted by Crippen LogP contribution is -2.05. The van der Waals surface area contributed by atoms with E-state index in [4.69, 9.17) is 4.98 Å². The largest absolute Gasteiger partial charge is 0.478 e. The molecule has 0 aliphatic heterocycles. The predicted molar refractivity (Wildman–Crippen MR) is 85.2 cm³/mol. The van der Waals surface area contributed by atoms with Crippen LogP contribution in [0, 0.1) is 27.7 Å². The van der Waals surface area contributed by atoms with Gasteiger partial charge in [-0.1, -0.05) is 24.3 Å². The van der Waals surface area contributed by atoms with Crippen molar-refractivity contribution in [3.05, 3.63) is 52.1 Å². The molecule has 0 fully saturated rings. The van der Waals surface area contributed by atoms with Crippen LogP contribution >= 0.6 is 0 Å². The second kappa shape index (κ2) is 4.55. The normalized spacial score (nSPS) is 11.2. The molecule has 0 spiro atoms. The molecule has 1 aromatic heterocycles. The molecule has 1 heterocycles. The lowest BCUT2D eigenvalue weighted by atomic mass is 9.93. The van der Waals surface area contributed by atoms with E-state index >= 15 is 0 Å². The summed E-state index contributed by atoms with van der Waals surface area (Å²) in [5, 5.41) is 11.3. The molecule has 0 saturated carbocycles. The molecular formula is C18H17NO2. The van der Waals surface area contributed by atoms with Gasteiger partial charge in [-0.25, -0.2) is 9.78 Å². The number of carboxylic acid groups (broad SMARTS) is 1. The second-order valence-electron chi connectivity index (χ2n) is 5.64. The van der Waals surface area contributed by atoms with Crippen LogP contribution in [0.25, 0.3) is 21.8 Å². The fourth-order valence-electron chi connectivity index (χ4n) is 2.96. The molecular weight excluding hydrogens is 262 g/mol. The summed E-state index contributed by atoms with van der Waals surface area (Å²) in [6.07, 6.45) is 0. The highest BCUT2D eigenvalue weighted by molar-refractivity contribution is 6.16. The van der Waals surface area contributed by atoms with Crippen molar-refractivity contribution in [2.45, 2.75) is 27.7 Å². The third-order valence-corrected chi connectivity index (χ3v) is 4.11. The number of rotatable bonds is 1. The molecule has 0 amide bonds. The number of hydrogen-bond donors (Lipinski definition) is 1. The van der Waals surface area contributed by atoms with Crippen LogP contribution in [-0.4, -0.2) is 16.1 Å². The van der Waals surface area contributed by atoms with Crippen molar-refractivity contribution in [1.29, 1.82) is 0 Å². The Morgan fingerprint density at radius 3 is 1.57 bits per heavy atom. The quantitative estimate of drug-likeness (QED) is 0.675. The average Bonchev–Trinajstić information content (AvgIpc) is 2.45. The van der Waals surface area contributed by atoms with E-state index in [9.17, 15) is 9.90 Å². The molecule has 3 heteroatoms. The Bertz CT molecular complexity index is 844. The van der Waals surface area contributed by atoms with Gasteiger partial charge in [-0.15, -0.1) is 0 Å². The van der Waals surface area contributed by atoms with Gasteiger partial charge >= 0.3 is 5.97 Å². The van der Waals surface area contributed by atoms with Crippen molar-refractivity contribution < 1.29 is 9.90 Å². The van der Waals surface area contributed by atoms with E-state index in [1.807, 2.05) is 52.0 Å². The number of carboxylic acids is 1. The van der Waals surface area contributed by atoms with Crippen molar-refractivity contribution in [3.63, 3.8) is 0 Å². The zero-order valence-corrected chi connectivity index (χ0v) is 12.6. The van der Waals surface area contributed by atoms with Crippen molar-refractivity contribution in [2.75, 3.05) is 0 Å². The van der Waals surface area contributed by atoms with Crippen LogP contribution in [0.2, 0.25) is 0 Å². The van der Waals surface area contributed by atoms with E-state index in [1.54, 1.807) is 0 Å². The Hall–Kier alpha value is -2.42. The first-order valence-electron chi connectivity index (χ1n) is 6.95. The van der Waals surface area contributed by atoms with Crippen LogP contribution in [0.1, 0.15) is 32.6 Å². The van der Waals surface area contributed by atoms with E-state index < -0.39 is 5.97 Å². The van der Waals surface area contributed by atoms with Gasteiger partial charge in [0.05, 0.1) is 16.6 Å². The topological polar surface area (TPSA) is 50.2 Å². The van der Waals surface area contributed by atoms with E-state index in [2.05, 4.69) is 0 Å². The standard InChI is InChI=1S/C18H17NO2/c1-9-5-7-11(3)16-13(9)15(18(20)21)14-10(2)6-8-12(4)17(14)19-16/h5-8H,1-4H3,(H,20,21). The minimum absolute atomic E-state index is 0.373. The molecule has 0 unspecified atom stereocenters. The SMILES string of the molecule is Cc1ccc(C)c2c(C(=O)O)c3c(C)ccc(C)c3nc12. The number of pyridine rings is 1. The number of aryl methyl sites for hydroxylation is 4. The molecule has 0 bridgehead atoms. The predicted octanol–water partition coefficient (Wildman–Crippen LogP) is 4.32. The minimum atomic E-state index is -0.894. The Morgan fingerprint density at radius 2 is 1.19 bits per heavy atom. The first-order valence-corrected chi connectivity index (χ1v) is 6.95. The molecule has 0 saturated heterocycles. The Balaban J connectivity index is 2.74. The zero-order valence-electron chi connectivity index (χ0n) is 12.6. The van der Waals surface area contributed by atoms with Crippen LogP contribution < -0.4 is 0 Å². The van der Waals surface area contributed by atoms with Gasteiger partial charge in [0.15, 0.2) is 0 Å². The Morgan fingerprint density at radius 1 is 0.810 bits per heavy atom. The summed E-state index contributed by atoms with van der Waals surface area (Å²) >= 11 is 0. The lowest BCUT2D eigenvalue weighted by molar-refractivity contribution is 0.0701. The summed E-state index contributed by atoms with van der Waals surface area (Å²) in [5.74, 6) is -0.894. The highest BCUT2D eigenvalue weighted by atomic mass is 16.4. The van der Waals surface area contributed by atoms with Crippen LogP contribution in [-0.2, 0) is 0 Å². The van der Waals surface area contributed by atoms with E-state index in [0.29, 0.717) is 5.56 Å². The highest BCUT2D eigenvalue weighted by Crippen LogP contribution is 2.33.